The first-order valence-electron chi connectivity index (χ1n) is 7.15. The van der Waals surface area contributed by atoms with Gasteiger partial charge in [0.25, 0.3) is 5.69 Å². The summed E-state index contributed by atoms with van der Waals surface area (Å²) in [5, 5.41) is 10.6. The Balaban J connectivity index is 2.02. The molecule has 0 heterocycles. The highest BCUT2D eigenvalue weighted by molar-refractivity contribution is 5.89. The van der Waals surface area contributed by atoms with E-state index >= 15 is 0 Å². The molecule has 0 aliphatic heterocycles. The molecule has 1 aromatic rings. The van der Waals surface area contributed by atoms with Crippen molar-refractivity contribution in [2.75, 3.05) is 6.61 Å². The molecule has 0 saturated heterocycles. The Morgan fingerprint density at radius 1 is 1.41 bits per heavy atom. The maximum Gasteiger partial charge on any atom is 0.338 e. The van der Waals surface area contributed by atoms with Crippen molar-refractivity contribution in [3.8, 4) is 0 Å². The van der Waals surface area contributed by atoms with Crippen LogP contribution in [0.3, 0.4) is 0 Å². The van der Waals surface area contributed by atoms with E-state index in [0.717, 1.165) is 24.0 Å². The summed E-state index contributed by atoms with van der Waals surface area (Å²) in [6, 6.07) is 5.42. The van der Waals surface area contributed by atoms with Crippen LogP contribution in [0.15, 0.2) is 47.6 Å². The number of nitro benzene ring substituents is 1. The van der Waals surface area contributed by atoms with E-state index in [0.29, 0.717) is 5.56 Å². The van der Waals surface area contributed by atoms with Crippen molar-refractivity contribution in [2.24, 2.45) is 5.92 Å². The minimum absolute atomic E-state index is 0.0479. The summed E-state index contributed by atoms with van der Waals surface area (Å²) in [6.45, 7) is 8.29. The van der Waals surface area contributed by atoms with E-state index in [-0.39, 0.29) is 18.2 Å². The van der Waals surface area contributed by atoms with Crippen LogP contribution in [0, 0.1) is 16.0 Å². The SMILES string of the molecule is C=C(C)C1CCC(C)=C1COC(=O)c1ccc([N+](=O)[O-])cc1. The van der Waals surface area contributed by atoms with E-state index in [4.69, 9.17) is 4.74 Å². The minimum Gasteiger partial charge on any atom is -0.458 e. The van der Waals surface area contributed by atoms with E-state index in [1.165, 1.54) is 29.8 Å². The Hall–Kier alpha value is -2.43. The topological polar surface area (TPSA) is 69.4 Å². The molecule has 1 atom stereocenters. The normalized spacial score (nSPS) is 17.5. The van der Waals surface area contributed by atoms with Gasteiger partial charge >= 0.3 is 5.97 Å². The molecule has 0 radical (unpaired) electrons. The van der Waals surface area contributed by atoms with Crippen LogP contribution in [0.1, 0.15) is 37.0 Å². The fraction of sp³-hybridized carbons (Fsp3) is 0.353. The predicted molar refractivity (Wildman–Crippen MR) is 83.6 cm³/mol. The van der Waals surface area contributed by atoms with Crippen LogP contribution in [-0.2, 0) is 4.74 Å². The van der Waals surface area contributed by atoms with Gasteiger partial charge in [0.2, 0.25) is 0 Å². The lowest BCUT2D eigenvalue weighted by atomic mass is 9.94. The zero-order valence-corrected chi connectivity index (χ0v) is 12.8. The molecule has 1 unspecified atom stereocenters. The van der Waals surface area contributed by atoms with Gasteiger partial charge < -0.3 is 4.74 Å². The van der Waals surface area contributed by atoms with E-state index in [1.54, 1.807) is 0 Å². The van der Waals surface area contributed by atoms with Gasteiger partial charge in [-0.1, -0.05) is 17.7 Å². The molecule has 0 saturated carbocycles. The molecule has 0 aromatic heterocycles. The largest absolute Gasteiger partial charge is 0.458 e. The summed E-state index contributed by atoms with van der Waals surface area (Å²) in [7, 11) is 0. The number of ether oxygens (including phenoxy) is 1. The van der Waals surface area contributed by atoms with Gasteiger partial charge in [-0.3, -0.25) is 10.1 Å². The van der Waals surface area contributed by atoms with Gasteiger partial charge in [-0.15, -0.1) is 0 Å². The van der Waals surface area contributed by atoms with Crippen molar-refractivity contribution in [1.82, 2.24) is 0 Å². The molecule has 2 rings (SSSR count). The maximum atomic E-state index is 12.0. The number of benzene rings is 1. The van der Waals surface area contributed by atoms with E-state index in [9.17, 15) is 14.9 Å². The van der Waals surface area contributed by atoms with E-state index < -0.39 is 10.9 Å². The van der Waals surface area contributed by atoms with Crippen molar-refractivity contribution in [3.05, 3.63) is 63.2 Å². The number of esters is 1. The molecule has 0 N–H and O–H groups in total. The monoisotopic (exact) mass is 301 g/mol. The van der Waals surface area contributed by atoms with Crippen molar-refractivity contribution >= 4 is 11.7 Å². The molecule has 1 aromatic carbocycles. The third kappa shape index (κ3) is 3.42. The van der Waals surface area contributed by atoms with Crippen LogP contribution < -0.4 is 0 Å². The lowest BCUT2D eigenvalue weighted by Gasteiger charge is -2.15. The van der Waals surface area contributed by atoms with Gasteiger partial charge in [-0.25, -0.2) is 4.79 Å². The molecule has 5 nitrogen and oxygen atoms in total. The standard InChI is InChI=1S/C17H19NO4/c1-11(2)15-9-4-12(3)16(15)10-22-17(19)13-5-7-14(8-6-13)18(20)21/h5-8,15H,1,4,9-10H2,2-3H3. The molecule has 1 aliphatic rings. The zero-order valence-electron chi connectivity index (χ0n) is 12.8. The first-order chi connectivity index (χ1) is 10.4. The minimum atomic E-state index is -0.501. The average Bonchev–Trinajstić information content (AvgIpc) is 2.86. The number of nitro groups is 1. The quantitative estimate of drug-likeness (QED) is 0.356. The molecule has 22 heavy (non-hydrogen) atoms. The second kappa shape index (κ2) is 6.56. The van der Waals surface area contributed by atoms with Crippen molar-refractivity contribution in [1.29, 1.82) is 0 Å². The molecule has 1 aliphatic carbocycles. The second-order valence-corrected chi connectivity index (χ2v) is 5.62. The van der Waals surface area contributed by atoms with Gasteiger partial charge in [0.05, 0.1) is 10.5 Å². The maximum absolute atomic E-state index is 12.0. The Labute approximate surface area is 129 Å². The lowest BCUT2D eigenvalue weighted by Crippen LogP contribution is -2.12. The van der Waals surface area contributed by atoms with Crippen molar-refractivity contribution in [3.63, 3.8) is 0 Å². The molecule has 0 amide bonds. The molecule has 0 bridgehead atoms. The van der Waals surface area contributed by atoms with Crippen LogP contribution in [-0.4, -0.2) is 17.5 Å². The number of carbonyl (C=O) groups is 1. The Bertz CT molecular complexity index is 643. The van der Waals surface area contributed by atoms with Crippen molar-refractivity contribution < 1.29 is 14.5 Å². The number of carbonyl (C=O) groups excluding carboxylic acids is 1. The number of non-ortho nitro benzene ring substituents is 1. The van der Waals surface area contributed by atoms with Crippen molar-refractivity contribution in [2.45, 2.75) is 26.7 Å². The number of nitrogens with zero attached hydrogens (tertiary/aromatic N) is 1. The molecule has 0 fully saturated rings. The van der Waals surface area contributed by atoms with Gasteiger partial charge in [0.1, 0.15) is 6.61 Å². The summed E-state index contributed by atoms with van der Waals surface area (Å²) in [4.78, 5) is 22.1. The van der Waals surface area contributed by atoms with Crippen LogP contribution in [0.25, 0.3) is 0 Å². The molecular weight excluding hydrogens is 282 g/mol. The van der Waals surface area contributed by atoms with Crippen LogP contribution >= 0.6 is 0 Å². The van der Waals surface area contributed by atoms with Crippen LogP contribution in [0.4, 0.5) is 5.69 Å². The number of hydrogen-bond donors (Lipinski definition) is 0. The summed E-state index contributed by atoms with van der Waals surface area (Å²) >= 11 is 0. The zero-order chi connectivity index (χ0) is 16.3. The molecule has 116 valence electrons. The Morgan fingerprint density at radius 3 is 2.59 bits per heavy atom. The Morgan fingerprint density at radius 2 is 2.05 bits per heavy atom. The summed E-state index contributed by atoms with van der Waals surface area (Å²) in [5.74, 6) is -0.188. The average molecular weight is 301 g/mol. The molecular formula is C17H19NO4. The van der Waals surface area contributed by atoms with E-state index in [2.05, 4.69) is 13.5 Å². The van der Waals surface area contributed by atoms with Gasteiger partial charge in [-0.2, -0.15) is 0 Å². The fourth-order valence-electron chi connectivity index (χ4n) is 2.71. The fourth-order valence-corrected chi connectivity index (χ4v) is 2.71. The smallest absolute Gasteiger partial charge is 0.338 e. The predicted octanol–water partition coefficient (Wildman–Crippen LogP) is 4.05. The molecule has 5 heteroatoms. The molecule has 0 spiro atoms. The van der Waals surface area contributed by atoms with Crippen LogP contribution in [0.2, 0.25) is 0 Å². The summed E-state index contributed by atoms with van der Waals surface area (Å²) in [6.07, 6.45) is 2.02. The summed E-state index contributed by atoms with van der Waals surface area (Å²) < 4.78 is 5.36. The highest BCUT2D eigenvalue weighted by Crippen LogP contribution is 2.36. The number of rotatable bonds is 5. The lowest BCUT2D eigenvalue weighted by molar-refractivity contribution is -0.384. The number of hydrogen-bond acceptors (Lipinski definition) is 4. The highest BCUT2D eigenvalue weighted by Gasteiger charge is 2.25. The Kier molecular flexibility index (Phi) is 4.75. The second-order valence-electron chi connectivity index (χ2n) is 5.62. The van der Waals surface area contributed by atoms with Gasteiger partial charge in [0.15, 0.2) is 0 Å². The first kappa shape index (κ1) is 15.9. The van der Waals surface area contributed by atoms with Crippen LogP contribution in [0.5, 0.6) is 0 Å². The number of allylic oxidation sites excluding steroid dienone is 2. The van der Waals surface area contributed by atoms with Gasteiger partial charge in [-0.05, 0) is 44.4 Å². The third-order valence-corrected chi connectivity index (χ3v) is 4.04. The highest BCUT2D eigenvalue weighted by atomic mass is 16.6. The van der Waals surface area contributed by atoms with E-state index in [1.807, 2.05) is 6.92 Å². The van der Waals surface area contributed by atoms with Gasteiger partial charge in [0, 0.05) is 18.1 Å². The summed E-state index contributed by atoms with van der Waals surface area (Å²) in [5.41, 5.74) is 3.73. The first-order valence-corrected chi connectivity index (χ1v) is 7.15. The third-order valence-electron chi connectivity index (χ3n) is 4.04.